The van der Waals surface area contributed by atoms with Crippen LogP contribution < -0.4 is 15.1 Å². The molecule has 1 N–H and O–H groups in total. The average molecular weight is 481 g/mol. The first-order valence-electron chi connectivity index (χ1n) is 11.4. The van der Waals surface area contributed by atoms with E-state index in [0.29, 0.717) is 17.4 Å². The Balaban J connectivity index is 1.79. The summed E-state index contributed by atoms with van der Waals surface area (Å²) in [6, 6.07) is 4.81. The number of pyridine rings is 1. The number of anilines is 2. The number of hydrogen-bond donors (Lipinski definition) is 1. The van der Waals surface area contributed by atoms with Crippen LogP contribution in [-0.2, 0) is 11.0 Å². The van der Waals surface area contributed by atoms with Gasteiger partial charge >= 0.3 is 6.18 Å². The highest BCUT2D eigenvalue weighted by molar-refractivity contribution is 7.81. The molecule has 0 bridgehead atoms. The van der Waals surface area contributed by atoms with Crippen molar-refractivity contribution in [1.82, 2.24) is 10.3 Å². The maximum atomic E-state index is 14.9. The van der Waals surface area contributed by atoms with Gasteiger partial charge in [-0.2, -0.15) is 18.4 Å². The van der Waals surface area contributed by atoms with Crippen molar-refractivity contribution in [3.8, 4) is 6.07 Å². The number of rotatable bonds is 3. The number of thiocarbonyl (C=S) groups is 1. The highest BCUT2D eigenvalue weighted by Crippen LogP contribution is 2.48. The topological polar surface area (TPSA) is 89.3 Å². The van der Waals surface area contributed by atoms with Crippen LogP contribution >= 0.6 is 12.2 Å². The Hall–Kier alpha value is -3.59. The maximum absolute atomic E-state index is 14.9. The Labute approximate surface area is 196 Å². The summed E-state index contributed by atoms with van der Waals surface area (Å²) < 4.78 is 84.8. The van der Waals surface area contributed by atoms with Crippen molar-refractivity contribution in [2.45, 2.75) is 31.0 Å². The number of halogens is 4. The van der Waals surface area contributed by atoms with Gasteiger partial charge in [0.15, 0.2) is 10.8 Å². The fourth-order valence-corrected chi connectivity index (χ4v) is 4.38. The molecule has 1 aliphatic carbocycles. The molecule has 170 valence electrons. The van der Waals surface area contributed by atoms with Crippen molar-refractivity contribution in [3.05, 3.63) is 53.1 Å². The third-order valence-corrected chi connectivity index (χ3v) is 6.00. The van der Waals surface area contributed by atoms with Crippen LogP contribution in [0.3, 0.4) is 0 Å². The van der Waals surface area contributed by atoms with Gasteiger partial charge in [-0.05, 0) is 55.7 Å². The highest BCUT2D eigenvalue weighted by atomic mass is 32.1. The van der Waals surface area contributed by atoms with Gasteiger partial charge in [0, 0.05) is 16.8 Å². The summed E-state index contributed by atoms with van der Waals surface area (Å²) in [6.07, 6.45) is -4.82. The van der Waals surface area contributed by atoms with E-state index in [1.165, 1.54) is 17.0 Å². The Kier molecular flexibility index (Phi) is 4.22. The first-order valence-corrected chi connectivity index (χ1v) is 9.81. The summed E-state index contributed by atoms with van der Waals surface area (Å²) in [5.41, 5.74) is -5.05. The summed E-state index contributed by atoms with van der Waals surface area (Å²) in [6.45, 7) is -2.86. The van der Waals surface area contributed by atoms with E-state index in [0.717, 1.165) is 12.1 Å². The number of hydrogen-bond acceptors (Lipinski definition) is 5. The van der Waals surface area contributed by atoms with E-state index in [1.54, 1.807) is 5.32 Å². The molecule has 2 amide bonds. The molecule has 0 atom stereocenters. The molecular weight excluding hydrogens is 462 g/mol. The summed E-state index contributed by atoms with van der Waals surface area (Å²) in [5, 5.41) is 10.3. The monoisotopic (exact) mass is 481 g/mol. The maximum Gasteiger partial charge on any atom is 0.419 e. The second kappa shape index (κ2) is 7.77. The van der Waals surface area contributed by atoms with Crippen LogP contribution in [-0.4, -0.2) is 34.4 Å². The normalized spacial score (nSPS) is 19.4. The number of carbonyl (C=O) groups is 2. The van der Waals surface area contributed by atoms with Gasteiger partial charge in [0.25, 0.3) is 11.8 Å². The minimum atomic E-state index is -5.01. The molecule has 1 aromatic heterocycles. The Bertz CT molecular complexity index is 1390. The van der Waals surface area contributed by atoms with E-state index in [2.05, 4.69) is 4.98 Å². The third kappa shape index (κ3) is 3.39. The lowest BCUT2D eigenvalue weighted by molar-refractivity contribution is -0.138. The Morgan fingerprint density at radius 3 is 2.64 bits per heavy atom. The van der Waals surface area contributed by atoms with Crippen molar-refractivity contribution in [3.63, 3.8) is 0 Å². The average Bonchev–Trinajstić information content (AvgIpc) is 2.98. The second-order valence-electron chi connectivity index (χ2n) is 7.39. The van der Waals surface area contributed by atoms with Crippen LogP contribution in [0.2, 0.25) is 0 Å². The van der Waals surface area contributed by atoms with Gasteiger partial charge in [-0.25, -0.2) is 9.37 Å². The van der Waals surface area contributed by atoms with Gasteiger partial charge < -0.3 is 10.2 Å². The van der Waals surface area contributed by atoms with Crippen LogP contribution in [0.5, 0.6) is 0 Å². The predicted molar refractivity (Wildman–Crippen MR) is 113 cm³/mol. The number of nitrogens with zero attached hydrogens (tertiary/aromatic N) is 4. The summed E-state index contributed by atoms with van der Waals surface area (Å²) in [7, 11) is 0. The first kappa shape index (κ1) is 17.9. The van der Waals surface area contributed by atoms with Gasteiger partial charge in [0.2, 0.25) is 0 Å². The SMILES string of the molecule is [2H]c1nc(C#N)c(C(F)(F)F)cc1N1C(=O)C2(CCC2)N(c2ccc(C(=O)NC([2H])([2H])[2H])c(F)c2)C1=S. The second-order valence-corrected chi connectivity index (χ2v) is 7.75. The van der Waals surface area contributed by atoms with Crippen LogP contribution in [0.1, 0.15) is 46.4 Å². The van der Waals surface area contributed by atoms with Crippen LogP contribution in [0.15, 0.2) is 30.4 Å². The van der Waals surface area contributed by atoms with E-state index in [9.17, 15) is 27.2 Å². The smallest absolute Gasteiger partial charge is 0.355 e. The number of benzene rings is 1. The molecule has 1 aliphatic heterocycles. The molecule has 1 saturated carbocycles. The number of aromatic nitrogens is 1. The number of alkyl halides is 3. The zero-order valence-corrected chi connectivity index (χ0v) is 17.3. The molecule has 0 unspecified atom stereocenters. The van der Waals surface area contributed by atoms with Gasteiger partial charge in [-0.15, -0.1) is 0 Å². The molecule has 1 saturated heterocycles. The first-order chi connectivity index (χ1) is 17.1. The lowest BCUT2D eigenvalue weighted by Crippen LogP contribution is -2.55. The quantitative estimate of drug-likeness (QED) is 0.533. The fourth-order valence-electron chi connectivity index (χ4n) is 3.91. The number of carbonyl (C=O) groups excluding carboxylic acids is 2. The lowest BCUT2D eigenvalue weighted by Gasteiger charge is -2.43. The minimum absolute atomic E-state index is 0.00679. The van der Waals surface area contributed by atoms with Crippen LogP contribution in [0, 0.1) is 17.1 Å². The largest absolute Gasteiger partial charge is 0.419 e. The molecule has 2 aliphatic rings. The summed E-state index contributed by atoms with van der Waals surface area (Å²) in [5.74, 6) is -3.07. The van der Waals surface area contributed by atoms with Crippen molar-refractivity contribution in [2.24, 2.45) is 0 Å². The zero-order chi connectivity index (χ0) is 27.5. The van der Waals surface area contributed by atoms with Crippen molar-refractivity contribution >= 4 is 40.5 Å². The number of nitrogens with one attached hydrogen (secondary N) is 1. The number of amides is 2. The molecule has 0 radical (unpaired) electrons. The zero-order valence-electron chi connectivity index (χ0n) is 20.5. The molecule has 1 spiro atoms. The molecular formula is C21H15F4N5O2S. The molecule has 7 nitrogen and oxygen atoms in total. The minimum Gasteiger partial charge on any atom is -0.355 e. The van der Waals surface area contributed by atoms with Crippen molar-refractivity contribution in [1.29, 1.82) is 5.26 Å². The lowest BCUT2D eigenvalue weighted by atomic mass is 9.75. The Morgan fingerprint density at radius 2 is 2.09 bits per heavy atom. The molecule has 33 heavy (non-hydrogen) atoms. The number of nitriles is 1. The third-order valence-electron chi connectivity index (χ3n) is 5.63. The summed E-state index contributed by atoms with van der Waals surface area (Å²) >= 11 is 5.41. The van der Waals surface area contributed by atoms with E-state index < -0.39 is 65.0 Å². The van der Waals surface area contributed by atoms with E-state index in [4.69, 9.17) is 23.0 Å². The fraction of sp³-hybridized carbons (Fsp3) is 0.286. The molecule has 2 heterocycles. The highest BCUT2D eigenvalue weighted by Gasteiger charge is 2.59. The van der Waals surface area contributed by atoms with Gasteiger partial charge in [0.05, 0.1) is 24.4 Å². The van der Waals surface area contributed by atoms with Crippen LogP contribution in [0.4, 0.5) is 28.9 Å². The Morgan fingerprint density at radius 1 is 1.36 bits per heavy atom. The predicted octanol–water partition coefficient (Wildman–Crippen LogP) is 3.53. The summed E-state index contributed by atoms with van der Waals surface area (Å²) in [4.78, 5) is 31.0. The molecule has 1 aromatic carbocycles. The molecule has 4 rings (SSSR count). The molecule has 2 fully saturated rings. The van der Waals surface area contributed by atoms with E-state index in [1.807, 2.05) is 0 Å². The molecule has 2 aromatic rings. The van der Waals surface area contributed by atoms with Gasteiger partial charge in [-0.3, -0.25) is 14.5 Å². The van der Waals surface area contributed by atoms with Crippen LogP contribution in [0.25, 0.3) is 0 Å². The molecule has 12 heteroatoms. The van der Waals surface area contributed by atoms with Gasteiger partial charge in [-0.1, -0.05) is 0 Å². The van der Waals surface area contributed by atoms with E-state index >= 15 is 0 Å². The van der Waals surface area contributed by atoms with Gasteiger partial charge in [0.1, 0.15) is 17.4 Å². The van der Waals surface area contributed by atoms with E-state index in [-0.39, 0.29) is 23.6 Å². The van der Waals surface area contributed by atoms with Crippen molar-refractivity contribution in [2.75, 3.05) is 16.8 Å². The van der Waals surface area contributed by atoms with Crippen molar-refractivity contribution < 1.29 is 32.6 Å². The standard InChI is InChI=1S/C21H15F4N5O2S/c1-27-17(31)13-4-3-11(8-15(13)22)30-19(33)29(18(32)20(30)5-2-6-20)12-7-14(21(23,24)25)16(9-26)28-10-12/h3-4,7-8,10H,2,5-6H2,1H3,(H,27,31)/i1D3,10D.